The molecular formula is C27H40O5. The minimum Gasteiger partial charge on any atom is -0.466 e. The molecule has 0 radical (unpaired) electrons. The van der Waals surface area contributed by atoms with E-state index in [1.165, 1.54) is 32.3 Å². The van der Waals surface area contributed by atoms with E-state index in [4.69, 9.17) is 9.47 Å². The van der Waals surface area contributed by atoms with Crippen LogP contribution >= 0.6 is 0 Å². The van der Waals surface area contributed by atoms with Gasteiger partial charge in [0.25, 0.3) is 0 Å². The largest absolute Gasteiger partial charge is 0.466 e. The third kappa shape index (κ3) is 4.68. The van der Waals surface area contributed by atoms with Crippen LogP contribution in [0.15, 0.2) is 11.6 Å². The Morgan fingerprint density at radius 2 is 1.88 bits per heavy atom. The number of hydrogen-bond donors (Lipinski definition) is 0. The normalized spacial score (nSPS) is 38.2. The number of hydrogen-bond acceptors (Lipinski definition) is 5. The number of carbonyl (C=O) groups excluding carboxylic acids is 3. The first-order valence-electron chi connectivity index (χ1n) is 12.8. The van der Waals surface area contributed by atoms with Gasteiger partial charge in [-0.2, -0.15) is 0 Å². The van der Waals surface area contributed by atoms with Gasteiger partial charge < -0.3 is 9.47 Å². The number of esters is 2. The van der Waals surface area contributed by atoms with Crippen LogP contribution in [-0.2, 0) is 23.9 Å². The summed E-state index contributed by atoms with van der Waals surface area (Å²) >= 11 is 0. The second-order valence-electron chi connectivity index (χ2n) is 11.1. The summed E-state index contributed by atoms with van der Waals surface area (Å²) in [5.41, 5.74) is 1.51. The van der Waals surface area contributed by atoms with Crippen LogP contribution in [-0.4, -0.2) is 30.4 Å². The fraction of sp³-hybridized carbons (Fsp3) is 0.815. The van der Waals surface area contributed by atoms with E-state index < -0.39 is 0 Å². The lowest BCUT2D eigenvalue weighted by molar-refractivity contribution is -0.157. The van der Waals surface area contributed by atoms with Crippen LogP contribution in [0.25, 0.3) is 0 Å². The molecule has 0 N–H and O–H groups in total. The summed E-state index contributed by atoms with van der Waals surface area (Å²) in [6.45, 7) is 5.89. The second kappa shape index (κ2) is 9.69. The molecule has 5 nitrogen and oxygen atoms in total. The molecule has 0 heterocycles. The molecule has 7 atom stereocenters. The maximum absolute atomic E-state index is 12.2. The SMILES string of the molecule is CC(=O)OCCCCC[C@@H]1CC2=CC(=O)CC[C@@H]2[C@H]2CC[C@]3(C)[C@@H](OC(C)=O)CC[C@H]3[C@H]12. The van der Waals surface area contributed by atoms with E-state index >= 15 is 0 Å². The molecule has 4 aliphatic carbocycles. The summed E-state index contributed by atoms with van der Waals surface area (Å²) in [7, 11) is 0. The molecule has 0 amide bonds. The number of allylic oxidation sites excluding steroid dienone is 1. The summed E-state index contributed by atoms with van der Waals surface area (Å²) in [5.74, 6) is 3.08. The average Bonchev–Trinajstić information content (AvgIpc) is 3.05. The lowest BCUT2D eigenvalue weighted by Gasteiger charge is -2.56. The summed E-state index contributed by atoms with van der Waals surface area (Å²) in [6, 6.07) is 0. The zero-order valence-electron chi connectivity index (χ0n) is 20.1. The highest BCUT2D eigenvalue weighted by atomic mass is 16.5. The first-order chi connectivity index (χ1) is 15.3. The summed E-state index contributed by atoms with van der Waals surface area (Å²) in [4.78, 5) is 34.9. The van der Waals surface area contributed by atoms with E-state index in [1.807, 2.05) is 6.08 Å². The van der Waals surface area contributed by atoms with E-state index in [0.29, 0.717) is 48.4 Å². The molecule has 4 rings (SSSR count). The fourth-order valence-electron chi connectivity index (χ4n) is 7.92. The topological polar surface area (TPSA) is 69.7 Å². The van der Waals surface area contributed by atoms with Crippen molar-refractivity contribution in [2.24, 2.45) is 35.0 Å². The highest BCUT2D eigenvalue weighted by Crippen LogP contribution is 2.64. The van der Waals surface area contributed by atoms with Crippen LogP contribution in [0.4, 0.5) is 0 Å². The molecule has 0 unspecified atom stereocenters. The van der Waals surface area contributed by atoms with Crippen molar-refractivity contribution in [1.82, 2.24) is 0 Å². The lowest BCUT2D eigenvalue weighted by atomic mass is 9.49. The summed E-state index contributed by atoms with van der Waals surface area (Å²) < 4.78 is 10.9. The van der Waals surface area contributed by atoms with Crippen molar-refractivity contribution < 1.29 is 23.9 Å². The molecule has 4 aliphatic rings. The number of ketones is 1. The molecule has 3 fully saturated rings. The van der Waals surface area contributed by atoms with Gasteiger partial charge in [0.2, 0.25) is 0 Å². The Hall–Kier alpha value is -1.65. The molecule has 32 heavy (non-hydrogen) atoms. The van der Waals surface area contributed by atoms with Crippen molar-refractivity contribution in [2.75, 3.05) is 6.61 Å². The van der Waals surface area contributed by atoms with Crippen molar-refractivity contribution >= 4 is 17.7 Å². The van der Waals surface area contributed by atoms with Crippen molar-refractivity contribution in [3.8, 4) is 0 Å². The van der Waals surface area contributed by atoms with Crippen LogP contribution in [0.2, 0.25) is 0 Å². The molecule has 0 aliphatic heterocycles. The van der Waals surface area contributed by atoms with Crippen molar-refractivity contribution in [3.63, 3.8) is 0 Å². The van der Waals surface area contributed by atoms with Gasteiger partial charge in [-0.1, -0.05) is 25.3 Å². The molecule has 0 aromatic carbocycles. The van der Waals surface area contributed by atoms with Crippen LogP contribution in [0.5, 0.6) is 0 Å². The van der Waals surface area contributed by atoms with Crippen molar-refractivity contribution in [2.45, 2.75) is 97.5 Å². The number of unbranched alkanes of at least 4 members (excludes halogenated alkanes) is 2. The second-order valence-corrected chi connectivity index (χ2v) is 11.1. The molecule has 0 aromatic rings. The molecule has 178 valence electrons. The van der Waals surface area contributed by atoms with Gasteiger partial charge in [-0.05, 0) is 87.0 Å². The Morgan fingerprint density at radius 1 is 1.06 bits per heavy atom. The summed E-state index contributed by atoms with van der Waals surface area (Å²) in [6.07, 6.45) is 13.6. The van der Waals surface area contributed by atoms with Gasteiger partial charge in [0.1, 0.15) is 6.10 Å². The maximum atomic E-state index is 12.2. The Labute approximate surface area is 192 Å². The van der Waals surface area contributed by atoms with Crippen LogP contribution in [0, 0.1) is 35.0 Å². The quantitative estimate of drug-likeness (QED) is 0.388. The Kier molecular flexibility index (Phi) is 7.11. The Bertz CT molecular complexity index is 770. The number of rotatable bonds is 7. The zero-order valence-corrected chi connectivity index (χ0v) is 20.1. The number of ether oxygens (including phenoxy) is 2. The van der Waals surface area contributed by atoms with Gasteiger partial charge in [0.15, 0.2) is 5.78 Å². The molecule has 3 saturated carbocycles. The van der Waals surface area contributed by atoms with Gasteiger partial charge in [0, 0.05) is 25.7 Å². The lowest BCUT2D eigenvalue weighted by Crippen LogP contribution is -2.51. The molecule has 5 heteroatoms. The van der Waals surface area contributed by atoms with Gasteiger partial charge >= 0.3 is 11.9 Å². The zero-order chi connectivity index (χ0) is 22.9. The Morgan fingerprint density at radius 3 is 2.62 bits per heavy atom. The number of carbonyl (C=O) groups is 3. The molecule has 0 spiro atoms. The van der Waals surface area contributed by atoms with Gasteiger partial charge in [-0.15, -0.1) is 0 Å². The standard InChI is InChI=1S/C27H40O5/c1-17(28)31-14-6-4-5-7-19-15-20-16-21(30)8-9-22(20)23-12-13-27(3)24(26(19)23)10-11-25(27)32-18(2)29/h16,19,22-26H,4-15H2,1-3H3/t19-,22+,23-,24+,25+,26-,27+/m1/s1. The fourth-order valence-corrected chi connectivity index (χ4v) is 7.92. The highest BCUT2D eigenvalue weighted by molar-refractivity contribution is 5.91. The van der Waals surface area contributed by atoms with Crippen LogP contribution in [0.1, 0.15) is 91.4 Å². The van der Waals surface area contributed by atoms with E-state index in [-0.39, 0.29) is 23.5 Å². The Balaban J connectivity index is 1.49. The van der Waals surface area contributed by atoms with Crippen LogP contribution in [0.3, 0.4) is 0 Å². The van der Waals surface area contributed by atoms with Gasteiger partial charge in [0.05, 0.1) is 6.61 Å². The van der Waals surface area contributed by atoms with E-state index in [0.717, 1.165) is 51.4 Å². The third-order valence-electron chi connectivity index (χ3n) is 9.21. The van der Waals surface area contributed by atoms with E-state index in [9.17, 15) is 14.4 Å². The van der Waals surface area contributed by atoms with Crippen LogP contribution < -0.4 is 0 Å². The van der Waals surface area contributed by atoms with E-state index in [2.05, 4.69) is 6.92 Å². The molecular weight excluding hydrogens is 404 g/mol. The highest BCUT2D eigenvalue weighted by Gasteiger charge is 2.59. The predicted molar refractivity (Wildman–Crippen MR) is 122 cm³/mol. The molecule has 0 bridgehead atoms. The molecule has 0 saturated heterocycles. The first-order valence-corrected chi connectivity index (χ1v) is 12.8. The minimum absolute atomic E-state index is 0.0557. The predicted octanol–water partition coefficient (Wildman–Crippen LogP) is 5.41. The monoisotopic (exact) mass is 444 g/mol. The third-order valence-corrected chi connectivity index (χ3v) is 9.21. The van der Waals surface area contributed by atoms with Crippen molar-refractivity contribution in [1.29, 1.82) is 0 Å². The van der Waals surface area contributed by atoms with Crippen molar-refractivity contribution in [3.05, 3.63) is 11.6 Å². The van der Waals surface area contributed by atoms with Gasteiger partial charge in [-0.3, -0.25) is 14.4 Å². The maximum Gasteiger partial charge on any atom is 0.302 e. The summed E-state index contributed by atoms with van der Waals surface area (Å²) in [5, 5.41) is 0. The minimum atomic E-state index is -0.204. The smallest absolute Gasteiger partial charge is 0.302 e. The van der Waals surface area contributed by atoms with Gasteiger partial charge in [-0.25, -0.2) is 0 Å². The average molecular weight is 445 g/mol. The first kappa shape index (κ1) is 23.5. The molecule has 0 aromatic heterocycles. The number of fused-ring (bicyclic) bond motifs is 5. The van der Waals surface area contributed by atoms with E-state index in [1.54, 1.807) is 0 Å².